The van der Waals surface area contributed by atoms with Gasteiger partial charge >= 0.3 is 11.9 Å². The number of hydrogen-bond acceptors (Lipinski definition) is 10. The molecule has 218 valence electrons. The summed E-state index contributed by atoms with van der Waals surface area (Å²) in [5, 5.41) is 2.59. The van der Waals surface area contributed by atoms with Crippen molar-refractivity contribution in [3.63, 3.8) is 0 Å². The number of nitrogens with zero attached hydrogens (tertiary/aromatic N) is 1. The van der Waals surface area contributed by atoms with Crippen LogP contribution in [0.5, 0.6) is 23.0 Å². The lowest BCUT2D eigenvalue weighted by atomic mass is 9.87. The highest BCUT2D eigenvalue weighted by molar-refractivity contribution is 5.98. The van der Waals surface area contributed by atoms with Crippen molar-refractivity contribution < 1.29 is 42.8 Å². The molecule has 0 aliphatic rings. The summed E-state index contributed by atoms with van der Waals surface area (Å²) in [4.78, 5) is 41.4. The van der Waals surface area contributed by atoms with Crippen LogP contribution in [0.25, 0.3) is 0 Å². The van der Waals surface area contributed by atoms with Crippen LogP contribution in [0.15, 0.2) is 60.8 Å². The highest BCUT2D eigenvalue weighted by Gasteiger charge is 2.29. The minimum Gasteiger partial charge on any atom is -0.497 e. The zero-order chi connectivity index (χ0) is 29.9. The summed E-state index contributed by atoms with van der Waals surface area (Å²) in [5.74, 6) is -0.684. The number of ether oxygens (including phenoxy) is 6. The summed E-state index contributed by atoms with van der Waals surface area (Å²) >= 11 is 0. The van der Waals surface area contributed by atoms with Gasteiger partial charge in [-0.3, -0.25) is 9.59 Å². The third-order valence-electron chi connectivity index (χ3n) is 6.19. The molecule has 0 fully saturated rings. The first-order valence-electron chi connectivity index (χ1n) is 12.8. The summed E-state index contributed by atoms with van der Waals surface area (Å²) in [6.45, 7) is 4.06. The minimum atomic E-state index is -1.04. The van der Waals surface area contributed by atoms with Crippen LogP contribution in [-0.4, -0.2) is 63.1 Å². The monoisotopic (exact) mass is 566 g/mol. The second-order valence-corrected chi connectivity index (χ2v) is 8.95. The lowest BCUT2D eigenvalue weighted by molar-refractivity contribution is -0.151. The number of amides is 1. The summed E-state index contributed by atoms with van der Waals surface area (Å²) in [7, 11) is 4.57. The number of hydrogen-bond donors (Lipinski definition) is 1. The molecule has 2 aromatic carbocycles. The van der Waals surface area contributed by atoms with Gasteiger partial charge in [0.05, 0.1) is 21.3 Å². The van der Waals surface area contributed by atoms with Gasteiger partial charge in [0.1, 0.15) is 23.6 Å². The van der Waals surface area contributed by atoms with Gasteiger partial charge in [-0.15, -0.1) is 0 Å². The lowest BCUT2D eigenvalue weighted by Crippen LogP contribution is -2.41. The van der Waals surface area contributed by atoms with Gasteiger partial charge < -0.3 is 33.7 Å². The highest BCUT2D eigenvalue weighted by atomic mass is 16.7. The van der Waals surface area contributed by atoms with Crippen molar-refractivity contribution in [2.24, 2.45) is 0 Å². The Labute approximate surface area is 238 Å². The van der Waals surface area contributed by atoms with Crippen molar-refractivity contribution in [3.05, 3.63) is 77.6 Å². The Bertz CT molecular complexity index is 1280. The standard InChI is InChI=1S/C30H34N2O9/c1-18(32-29(34)27-28(40-17-39-20(3)33)25(38-6)15-16-31-27)30(35)41-19(2)26(21-7-11-23(36-4)12-8-21)22-9-13-24(37-5)14-10-22/h7-16,18-19,26H,17H2,1-6H3,(H,32,34)/t18-,19-/m0/s1. The van der Waals surface area contributed by atoms with Crippen molar-refractivity contribution in [2.75, 3.05) is 28.1 Å². The molecule has 1 N–H and O–H groups in total. The van der Waals surface area contributed by atoms with Gasteiger partial charge in [0, 0.05) is 25.1 Å². The van der Waals surface area contributed by atoms with Crippen LogP contribution in [0.2, 0.25) is 0 Å². The number of rotatable bonds is 13. The average Bonchev–Trinajstić information content (AvgIpc) is 2.97. The summed E-state index contributed by atoms with van der Waals surface area (Å²) in [5.41, 5.74) is 1.66. The average molecular weight is 567 g/mol. The van der Waals surface area contributed by atoms with Gasteiger partial charge in [0.25, 0.3) is 5.91 Å². The first-order chi connectivity index (χ1) is 19.7. The molecule has 1 aromatic heterocycles. The van der Waals surface area contributed by atoms with E-state index in [0.29, 0.717) is 11.5 Å². The number of esters is 2. The normalized spacial score (nSPS) is 12.1. The molecule has 0 unspecified atom stereocenters. The SMILES string of the molecule is COc1ccc(C(c2ccc(OC)cc2)[C@H](C)OC(=O)[C@H](C)NC(=O)c2nccc(OC)c2OCOC(C)=O)cc1. The topological polar surface area (TPSA) is 132 Å². The maximum Gasteiger partial charge on any atom is 0.328 e. The van der Waals surface area contributed by atoms with Gasteiger partial charge in [-0.05, 0) is 49.2 Å². The minimum absolute atomic E-state index is 0.0400. The largest absolute Gasteiger partial charge is 0.497 e. The fourth-order valence-corrected chi connectivity index (χ4v) is 4.10. The van der Waals surface area contributed by atoms with Gasteiger partial charge in [-0.1, -0.05) is 24.3 Å². The fourth-order valence-electron chi connectivity index (χ4n) is 4.10. The van der Waals surface area contributed by atoms with Crippen LogP contribution in [0.3, 0.4) is 0 Å². The van der Waals surface area contributed by atoms with Gasteiger partial charge in [-0.2, -0.15) is 0 Å². The van der Waals surface area contributed by atoms with E-state index in [2.05, 4.69) is 10.3 Å². The summed E-state index contributed by atoms with van der Waals surface area (Å²) in [6, 6.07) is 15.5. The van der Waals surface area contributed by atoms with Crippen molar-refractivity contribution in [1.29, 1.82) is 0 Å². The van der Waals surface area contributed by atoms with E-state index in [4.69, 9.17) is 28.4 Å². The molecule has 0 aliphatic heterocycles. The molecule has 0 bridgehead atoms. The molecule has 3 aromatic rings. The zero-order valence-electron chi connectivity index (χ0n) is 23.8. The molecule has 2 atom stereocenters. The number of pyridine rings is 1. The summed E-state index contributed by atoms with van der Waals surface area (Å²) in [6.07, 6.45) is 0.743. The molecular formula is C30H34N2O9. The van der Waals surface area contributed by atoms with E-state index >= 15 is 0 Å². The van der Waals surface area contributed by atoms with Crippen LogP contribution in [0.1, 0.15) is 48.3 Å². The van der Waals surface area contributed by atoms with Crippen molar-refractivity contribution >= 4 is 17.8 Å². The smallest absolute Gasteiger partial charge is 0.328 e. The van der Waals surface area contributed by atoms with Gasteiger partial charge in [-0.25, -0.2) is 9.78 Å². The molecule has 0 saturated heterocycles. The third-order valence-corrected chi connectivity index (χ3v) is 6.19. The summed E-state index contributed by atoms with van der Waals surface area (Å²) < 4.78 is 31.9. The maximum absolute atomic E-state index is 13.1. The third kappa shape index (κ3) is 8.10. The number of carbonyl (C=O) groups excluding carboxylic acids is 3. The lowest BCUT2D eigenvalue weighted by Gasteiger charge is -2.27. The van der Waals surface area contributed by atoms with Crippen LogP contribution < -0.4 is 24.3 Å². The second kappa shape index (κ2) is 14.5. The van der Waals surface area contributed by atoms with Crippen LogP contribution in [0, 0.1) is 0 Å². The van der Waals surface area contributed by atoms with Gasteiger partial charge in [0.15, 0.2) is 17.2 Å². The molecule has 11 nitrogen and oxygen atoms in total. The Balaban J connectivity index is 1.77. The van der Waals surface area contributed by atoms with E-state index in [-0.39, 0.29) is 23.1 Å². The molecule has 11 heteroatoms. The number of carbonyl (C=O) groups is 3. The molecule has 3 rings (SSSR count). The Morgan fingerprint density at radius 1 is 0.829 bits per heavy atom. The highest BCUT2D eigenvalue weighted by Crippen LogP contribution is 2.33. The number of aromatic nitrogens is 1. The first-order valence-corrected chi connectivity index (χ1v) is 12.8. The van der Waals surface area contributed by atoms with Crippen LogP contribution in [0.4, 0.5) is 0 Å². The predicted molar refractivity (Wildman–Crippen MR) is 148 cm³/mol. The molecular weight excluding hydrogens is 532 g/mol. The van der Waals surface area contributed by atoms with E-state index in [1.165, 1.54) is 33.2 Å². The second-order valence-electron chi connectivity index (χ2n) is 8.95. The molecule has 0 aliphatic carbocycles. The Morgan fingerprint density at radius 3 is 1.88 bits per heavy atom. The molecule has 0 radical (unpaired) electrons. The molecule has 1 amide bonds. The molecule has 0 spiro atoms. The van der Waals surface area contributed by atoms with Gasteiger partial charge in [0.2, 0.25) is 6.79 Å². The number of benzene rings is 2. The molecule has 1 heterocycles. The van der Waals surface area contributed by atoms with E-state index in [9.17, 15) is 14.4 Å². The number of methoxy groups -OCH3 is 3. The van der Waals surface area contributed by atoms with Crippen molar-refractivity contribution in [2.45, 2.75) is 38.8 Å². The maximum atomic E-state index is 13.1. The molecule has 0 saturated carbocycles. The van der Waals surface area contributed by atoms with E-state index in [1.807, 2.05) is 48.5 Å². The van der Waals surface area contributed by atoms with E-state index in [0.717, 1.165) is 11.1 Å². The predicted octanol–water partition coefficient (Wildman–Crippen LogP) is 3.89. The fraction of sp³-hybridized carbons (Fsp3) is 0.333. The quantitative estimate of drug-likeness (QED) is 0.240. The van der Waals surface area contributed by atoms with E-state index in [1.54, 1.807) is 21.1 Å². The van der Waals surface area contributed by atoms with Crippen molar-refractivity contribution in [3.8, 4) is 23.0 Å². The van der Waals surface area contributed by atoms with E-state index < -0.39 is 36.8 Å². The molecule has 41 heavy (non-hydrogen) atoms. The first kappa shape index (κ1) is 30.7. The van der Waals surface area contributed by atoms with Crippen LogP contribution in [-0.2, 0) is 19.1 Å². The Hall–Kier alpha value is -4.80. The van der Waals surface area contributed by atoms with Crippen LogP contribution >= 0.6 is 0 Å². The number of nitrogens with one attached hydrogen (secondary N) is 1. The Morgan fingerprint density at radius 2 is 1.39 bits per heavy atom. The van der Waals surface area contributed by atoms with Crippen molar-refractivity contribution in [1.82, 2.24) is 10.3 Å². The Kier molecular flexibility index (Phi) is 10.9. The zero-order valence-corrected chi connectivity index (χ0v) is 23.8.